The normalized spacial score (nSPS) is 10.7. The molecule has 0 N–H and O–H groups in total. The first-order valence-corrected chi connectivity index (χ1v) is 7.61. The summed E-state index contributed by atoms with van der Waals surface area (Å²) in [7, 11) is 1.77. The Bertz CT molecular complexity index is 633. The van der Waals surface area contributed by atoms with Crippen molar-refractivity contribution in [2.45, 2.75) is 20.4 Å². The van der Waals surface area contributed by atoms with Gasteiger partial charge < -0.3 is 9.42 Å². The minimum absolute atomic E-state index is 0.0572. The number of aromatic nitrogens is 1. The summed E-state index contributed by atoms with van der Waals surface area (Å²) in [6, 6.07) is 5.53. The van der Waals surface area contributed by atoms with E-state index in [2.05, 4.69) is 37.0 Å². The lowest BCUT2D eigenvalue weighted by Gasteiger charge is -2.18. The van der Waals surface area contributed by atoms with E-state index in [9.17, 15) is 4.79 Å². The van der Waals surface area contributed by atoms with Crippen LogP contribution in [0.25, 0.3) is 0 Å². The molecule has 0 spiro atoms. The van der Waals surface area contributed by atoms with Gasteiger partial charge >= 0.3 is 0 Å². The summed E-state index contributed by atoms with van der Waals surface area (Å²) >= 11 is 6.79. The molecule has 1 amide bonds. The van der Waals surface area contributed by atoms with Gasteiger partial charge in [-0.25, -0.2) is 0 Å². The molecule has 0 aliphatic carbocycles. The van der Waals surface area contributed by atoms with Crippen molar-refractivity contribution < 1.29 is 9.32 Å². The van der Waals surface area contributed by atoms with E-state index in [1.165, 1.54) is 0 Å². The highest BCUT2D eigenvalue weighted by Crippen LogP contribution is 2.24. The second-order valence-corrected chi connectivity index (χ2v) is 6.36. The van der Waals surface area contributed by atoms with E-state index in [1.54, 1.807) is 18.0 Å². The van der Waals surface area contributed by atoms with Gasteiger partial charge in [0.25, 0.3) is 5.91 Å². The van der Waals surface area contributed by atoms with Crippen molar-refractivity contribution in [3.05, 3.63) is 49.7 Å². The van der Waals surface area contributed by atoms with Gasteiger partial charge in [0.15, 0.2) is 0 Å². The summed E-state index contributed by atoms with van der Waals surface area (Å²) in [5.41, 5.74) is 2.39. The third-order valence-corrected chi connectivity index (χ3v) is 4.27. The molecular formula is C14H14Br2N2O2. The van der Waals surface area contributed by atoms with Crippen molar-refractivity contribution in [2.75, 3.05) is 7.05 Å². The molecule has 0 radical (unpaired) electrons. The van der Waals surface area contributed by atoms with Gasteiger partial charge in [0, 0.05) is 21.6 Å². The van der Waals surface area contributed by atoms with Gasteiger partial charge in [0.2, 0.25) is 0 Å². The highest BCUT2D eigenvalue weighted by atomic mass is 79.9. The van der Waals surface area contributed by atoms with Gasteiger partial charge in [0.05, 0.1) is 17.8 Å². The molecule has 0 aliphatic rings. The maximum Gasteiger partial charge on any atom is 0.255 e. The maximum absolute atomic E-state index is 12.5. The van der Waals surface area contributed by atoms with Gasteiger partial charge in [-0.05, 0) is 48.0 Å². The zero-order chi connectivity index (χ0) is 14.9. The van der Waals surface area contributed by atoms with Crippen LogP contribution in [0.15, 0.2) is 31.7 Å². The Hall–Kier alpha value is -1.14. The first-order chi connectivity index (χ1) is 9.40. The Labute approximate surface area is 134 Å². The van der Waals surface area contributed by atoms with Crippen LogP contribution in [0.4, 0.5) is 0 Å². The number of carbonyl (C=O) groups excluding carboxylic acids is 1. The molecule has 1 aromatic heterocycles. The fourth-order valence-corrected chi connectivity index (χ4v) is 2.68. The predicted molar refractivity (Wildman–Crippen MR) is 83.6 cm³/mol. The van der Waals surface area contributed by atoms with Crippen LogP contribution in [-0.2, 0) is 6.54 Å². The largest absolute Gasteiger partial charge is 0.361 e. The number of rotatable bonds is 3. The predicted octanol–water partition coefficient (Wildman–Crippen LogP) is 4.09. The smallest absolute Gasteiger partial charge is 0.255 e. The third-order valence-electron chi connectivity index (χ3n) is 3.08. The van der Waals surface area contributed by atoms with E-state index < -0.39 is 0 Å². The van der Waals surface area contributed by atoms with Gasteiger partial charge in [-0.3, -0.25) is 4.79 Å². The molecule has 0 fully saturated rings. The molecule has 0 saturated carbocycles. The number of aryl methyl sites for hydroxylation is 2. The van der Waals surface area contributed by atoms with E-state index >= 15 is 0 Å². The van der Waals surface area contributed by atoms with Crippen LogP contribution >= 0.6 is 31.9 Å². The van der Waals surface area contributed by atoms with Gasteiger partial charge in [-0.15, -0.1) is 0 Å². The average molecular weight is 402 g/mol. The van der Waals surface area contributed by atoms with Crippen LogP contribution in [0.2, 0.25) is 0 Å². The molecular weight excluding hydrogens is 388 g/mol. The molecule has 1 heterocycles. The summed E-state index contributed by atoms with van der Waals surface area (Å²) in [4.78, 5) is 14.1. The zero-order valence-electron chi connectivity index (χ0n) is 11.4. The minimum atomic E-state index is -0.0572. The number of hydrogen-bond acceptors (Lipinski definition) is 3. The van der Waals surface area contributed by atoms with Crippen LogP contribution in [-0.4, -0.2) is 23.0 Å². The first-order valence-electron chi connectivity index (χ1n) is 6.02. The topological polar surface area (TPSA) is 46.3 Å². The van der Waals surface area contributed by atoms with Crippen LogP contribution in [0.5, 0.6) is 0 Å². The van der Waals surface area contributed by atoms with Crippen LogP contribution in [0.1, 0.15) is 27.4 Å². The molecule has 0 saturated heterocycles. The Morgan fingerprint density at radius 3 is 2.65 bits per heavy atom. The van der Waals surface area contributed by atoms with E-state index in [4.69, 9.17) is 4.52 Å². The van der Waals surface area contributed by atoms with Crippen molar-refractivity contribution >= 4 is 37.8 Å². The highest BCUT2D eigenvalue weighted by molar-refractivity contribution is 9.11. The summed E-state index contributed by atoms with van der Waals surface area (Å²) in [6.07, 6.45) is 0. The van der Waals surface area contributed by atoms with Crippen molar-refractivity contribution in [1.29, 1.82) is 0 Å². The molecule has 6 heteroatoms. The van der Waals surface area contributed by atoms with E-state index in [0.29, 0.717) is 12.1 Å². The number of halogens is 2. The molecule has 0 atom stereocenters. The Morgan fingerprint density at radius 1 is 1.35 bits per heavy atom. The summed E-state index contributed by atoms with van der Waals surface area (Å²) in [6.45, 7) is 4.20. The maximum atomic E-state index is 12.5. The second kappa shape index (κ2) is 6.10. The minimum Gasteiger partial charge on any atom is -0.361 e. The summed E-state index contributed by atoms with van der Waals surface area (Å²) in [5.74, 6) is 0.689. The van der Waals surface area contributed by atoms with Crippen molar-refractivity contribution in [3.63, 3.8) is 0 Å². The number of amides is 1. The van der Waals surface area contributed by atoms with Gasteiger partial charge in [-0.2, -0.15) is 0 Å². The Morgan fingerprint density at radius 2 is 2.05 bits per heavy atom. The Kier molecular flexibility index (Phi) is 4.65. The summed E-state index contributed by atoms with van der Waals surface area (Å²) < 4.78 is 6.76. The highest BCUT2D eigenvalue weighted by Gasteiger charge is 2.18. The van der Waals surface area contributed by atoms with Crippen LogP contribution < -0.4 is 0 Å². The van der Waals surface area contributed by atoms with Crippen LogP contribution in [0, 0.1) is 13.8 Å². The van der Waals surface area contributed by atoms with Crippen molar-refractivity contribution in [2.24, 2.45) is 0 Å². The third kappa shape index (κ3) is 3.12. The molecule has 0 bridgehead atoms. The monoisotopic (exact) mass is 400 g/mol. The van der Waals surface area contributed by atoms with Gasteiger partial charge in [-0.1, -0.05) is 21.1 Å². The molecule has 2 rings (SSSR count). The Balaban J connectivity index is 2.23. The van der Waals surface area contributed by atoms with E-state index in [0.717, 1.165) is 26.0 Å². The fraction of sp³-hybridized carbons (Fsp3) is 0.286. The molecule has 0 unspecified atom stereocenters. The fourth-order valence-electron chi connectivity index (χ4n) is 1.90. The quantitative estimate of drug-likeness (QED) is 0.778. The molecule has 106 valence electrons. The van der Waals surface area contributed by atoms with E-state index in [1.807, 2.05) is 26.0 Å². The standard InChI is InChI=1S/C14H14Br2N2O2/c1-8-12(9(2)20-17-8)7-18(3)14(19)11-6-10(15)4-5-13(11)16/h4-6H,7H2,1-3H3. The molecule has 1 aromatic carbocycles. The summed E-state index contributed by atoms with van der Waals surface area (Å²) in [5, 5.41) is 3.90. The van der Waals surface area contributed by atoms with Crippen LogP contribution in [0.3, 0.4) is 0 Å². The lowest BCUT2D eigenvalue weighted by Crippen LogP contribution is -2.27. The molecule has 20 heavy (non-hydrogen) atoms. The second-order valence-electron chi connectivity index (χ2n) is 4.59. The van der Waals surface area contributed by atoms with Crippen molar-refractivity contribution in [1.82, 2.24) is 10.1 Å². The SMILES string of the molecule is Cc1noc(C)c1CN(C)C(=O)c1cc(Br)ccc1Br. The molecule has 2 aromatic rings. The number of carbonyl (C=O) groups is 1. The zero-order valence-corrected chi connectivity index (χ0v) is 14.6. The number of nitrogens with zero attached hydrogens (tertiary/aromatic N) is 2. The lowest BCUT2D eigenvalue weighted by atomic mass is 10.1. The molecule has 0 aliphatic heterocycles. The van der Waals surface area contributed by atoms with Crippen molar-refractivity contribution in [3.8, 4) is 0 Å². The van der Waals surface area contributed by atoms with E-state index in [-0.39, 0.29) is 5.91 Å². The number of benzene rings is 1. The molecule has 4 nitrogen and oxygen atoms in total. The van der Waals surface area contributed by atoms with Gasteiger partial charge in [0.1, 0.15) is 5.76 Å². The lowest BCUT2D eigenvalue weighted by molar-refractivity contribution is 0.0783. The first kappa shape index (κ1) is 15.3. The number of hydrogen-bond donors (Lipinski definition) is 0. The average Bonchev–Trinajstić information content (AvgIpc) is 2.72.